The van der Waals surface area contributed by atoms with Gasteiger partial charge in [-0.25, -0.2) is 13.1 Å². The summed E-state index contributed by atoms with van der Waals surface area (Å²) < 4.78 is 28.7. The van der Waals surface area contributed by atoms with E-state index < -0.39 is 10.0 Å². The van der Waals surface area contributed by atoms with E-state index in [1.165, 1.54) is 0 Å². The maximum Gasteiger partial charge on any atom is 0.240 e. The fraction of sp³-hybridized carbons (Fsp3) is 0.308. The van der Waals surface area contributed by atoms with Gasteiger partial charge < -0.3 is 5.73 Å². The Balaban J connectivity index is 2.06. The molecule has 0 bridgehead atoms. The number of aromatic nitrogens is 2. The molecule has 0 radical (unpaired) electrons. The maximum absolute atomic E-state index is 12.2. The van der Waals surface area contributed by atoms with Gasteiger partial charge in [0, 0.05) is 18.4 Å². The fourth-order valence-corrected chi connectivity index (χ4v) is 3.18. The quantitative estimate of drug-likeness (QED) is 0.807. The topological polar surface area (TPSA) is 90.0 Å². The van der Waals surface area contributed by atoms with Crippen LogP contribution in [-0.2, 0) is 16.6 Å². The van der Waals surface area contributed by atoms with Gasteiger partial charge in [-0.3, -0.25) is 4.68 Å². The van der Waals surface area contributed by atoms with E-state index in [2.05, 4.69) is 9.82 Å². The van der Waals surface area contributed by atoms with Crippen LogP contribution >= 0.6 is 0 Å². The summed E-state index contributed by atoms with van der Waals surface area (Å²) in [6.07, 6.45) is 3.59. The Morgan fingerprint density at radius 1 is 1.35 bits per heavy atom. The molecule has 2 rings (SSSR count). The number of anilines is 1. The van der Waals surface area contributed by atoms with E-state index in [0.717, 1.165) is 5.56 Å². The molecular weight excluding hydrogens is 276 g/mol. The van der Waals surface area contributed by atoms with Crippen LogP contribution in [0.2, 0.25) is 0 Å². The van der Waals surface area contributed by atoms with Crippen molar-refractivity contribution >= 4 is 15.7 Å². The Labute approximate surface area is 118 Å². The normalized spacial score (nSPS) is 11.7. The number of sulfonamides is 1. The number of nitrogen functional groups attached to an aromatic ring is 1. The molecule has 0 saturated carbocycles. The lowest BCUT2D eigenvalue weighted by atomic mass is 10.2. The van der Waals surface area contributed by atoms with Crippen LogP contribution in [-0.4, -0.2) is 24.7 Å². The third-order valence-corrected chi connectivity index (χ3v) is 4.62. The van der Waals surface area contributed by atoms with E-state index in [1.807, 2.05) is 13.1 Å². The number of hydrogen-bond donors (Lipinski definition) is 2. The van der Waals surface area contributed by atoms with Crippen molar-refractivity contribution in [2.45, 2.75) is 25.3 Å². The molecule has 6 nitrogen and oxygen atoms in total. The Bertz CT molecular complexity index is 707. The van der Waals surface area contributed by atoms with Gasteiger partial charge in [0.2, 0.25) is 10.0 Å². The van der Waals surface area contributed by atoms with Crippen molar-refractivity contribution in [2.24, 2.45) is 0 Å². The van der Waals surface area contributed by atoms with Crippen molar-refractivity contribution < 1.29 is 8.42 Å². The first-order valence-electron chi connectivity index (χ1n) is 6.24. The second-order valence-electron chi connectivity index (χ2n) is 4.65. The zero-order chi connectivity index (χ0) is 14.8. The summed E-state index contributed by atoms with van der Waals surface area (Å²) in [6, 6.07) is 4.86. The Morgan fingerprint density at radius 2 is 2.10 bits per heavy atom. The number of benzene rings is 1. The standard InChI is InChI=1S/C13H18N4O2S/c1-10-8-15-17(9-10)7-6-16-20(18,19)13-5-3-4-12(14)11(13)2/h3-5,8-9,16H,6-7,14H2,1-2H3. The van der Waals surface area contributed by atoms with Gasteiger partial charge in [0.25, 0.3) is 0 Å². The van der Waals surface area contributed by atoms with Gasteiger partial charge in [-0.2, -0.15) is 5.10 Å². The van der Waals surface area contributed by atoms with E-state index in [4.69, 9.17) is 5.73 Å². The van der Waals surface area contributed by atoms with E-state index in [1.54, 1.807) is 36.0 Å². The van der Waals surface area contributed by atoms with Crippen LogP contribution < -0.4 is 10.5 Å². The minimum absolute atomic E-state index is 0.217. The van der Waals surface area contributed by atoms with E-state index in [9.17, 15) is 8.42 Å². The lowest BCUT2D eigenvalue weighted by Gasteiger charge is -2.10. The molecular formula is C13H18N4O2S. The van der Waals surface area contributed by atoms with E-state index in [-0.39, 0.29) is 11.4 Å². The van der Waals surface area contributed by atoms with Crippen molar-refractivity contribution in [3.05, 3.63) is 41.7 Å². The number of hydrogen-bond acceptors (Lipinski definition) is 4. The van der Waals surface area contributed by atoms with Crippen LogP contribution in [0.25, 0.3) is 0 Å². The van der Waals surface area contributed by atoms with E-state index in [0.29, 0.717) is 17.8 Å². The van der Waals surface area contributed by atoms with Crippen LogP contribution in [0.4, 0.5) is 5.69 Å². The second kappa shape index (κ2) is 5.64. The minimum atomic E-state index is -3.55. The summed E-state index contributed by atoms with van der Waals surface area (Å²) in [4.78, 5) is 0.217. The lowest BCUT2D eigenvalue weighted by molar-refractivity contribution is 0.560. The van der Waals surface area contributed by atoms with Crippen LogP contribution in [0.5, 0.6) is 0 Å². The minimum Gasteiger partial charge on any atom is -0.398 e. The Morgan fingerprint density at radius 3 is 2.75 bits per heavy atom. The molecule has 1 aromatic heterocycles. The summed E-state index contributed by atoms with van der Waals surface area (Å²) in [5.41, 5.74) is 7.81. The molecule has 20 heavy (non-hydrogen) atoms. The third kappa shape index (κ3) is 3.17. The van der Waals surface area contributed by atoms with Gasteiger partial charge in [-0.15, -0.1) is 0 Å². The molecule has 0 atom stereocenters. The van der Waals surface area contributed by atoms with Crippen LogP contribution in [0, 0.1) is 13.8 Å². The maximum atomic E-state index is 12.2. The summed E-state index contributed by atoms with van der Waals surface area (Å²) in [5.74, 6) is 0. The number of nitrogens with one attached hydrogen (secondary N) is 1. The fourth-order valence-electron chi connectivity index (χ4n) is 1.88. The predicted octanol–water partition coefficient (Wildman–Crippen LogP) is 1.06. The average Bonchev–Trinajstić information content (AvgIpc) is 2.78. The molecule has 0 saturated heterocycles. The average molecular weight is 294 g/mol. The molecule has 7 heteroatoms. The largest absolute Gasteiger partial charge is 0.398 e. The molecule has 2 aromatic rings. The number of aryl methyl sites for hydroxylation is 1. The monoisotopic (exact) mass is 294 g/mol. The summed E-state index contributed by atoms with van der Waals surface area (Å²) in [7, 11) is -3.55. The Kier molecular flexibility index (Phi) is 4.10. The SMILES string of the molecule is Cc1cnn(CCNS(=O)(=O)c2cccc(N)c2C)c1. The molecule has 108 valence electrons. The molecule has 0 spiro atoms. The number of nitrogens with zero attached hydrogens (tertiary/aromatic N) is 2. The first kappa shape index (κ1) is 14.5. The first-order valence-corrected chi connectivity index (χ1v) is 7.72. The summed E-state index contributed by atoms with van der Waals surface area (Å²) in [5, 5.41) is 4.10. The van der Waals surface area contributed by atoms with Gasteiger partial charge in [0.15, 0.2) is 0 Å². The molecule has 0 aliphatic rings. The molecule has 0 aliphatic carbocycles. The van der Waals surface area contributed by atoms with Crippen molar-refractivity contribution in [2.75, 3.05) is 12.3 Å². The highest BCUT2D eigenvalue weighted by Crippen LogP contribution is 2.19. The highest BCUT2D eigenvalue weighted by molar-refractivity contribution is 7.89. The number of rotatable bonds is 5. The summed E-state index contributed by atoms with van der Waals surface area (Å²) in [6.45, 7) is 4.39. The zero-order valence-electron chi connectivity index (χ0n) is 11.5. The zero-order valence-corrected chi connectivity index (χ0v) is 12.3. The van der Waals surface area contributed by atoms with Gasteiger partial charge in [-0.05, 0) is 37.1 Å². The first-order chi connectivity index (χ1) is 9.40. The second-order valence-corrected chi connectivity index (χ2v) is 6.38. The van der Waals surface area contributed by atoms with Crippen LogP contribution in [0.15, 0.2) is 35.5 Å². The molecule has 0 amide bonds. The van der Waals surface area contributed by atoms with Gasteiger partial charge in [0.05, 0.1) is 17.6 Å². The molecule has 0 aliphatic heterocycles. The van der Waals surface area contributed by atoms with Crippen molar-refractivity contribution in [1.29, 1.82) is 0 Å². The van der Waals surface area contributed by atoms with Gasteiger partial charge >= 0.3 is 0 Å². The van der Waals surface area contributed by atoms with Crippen molar-refractivity contribution in [1.82, 2.24) is 14.5 Å². The molecule has 0 unspecified atom stereocenters. The highest BCUT2D eigenvalue weighted by Gasteiger charge is 2.17. The molecule has 1 heterocycles. The third-order valence-electron chi connectivity index (χ3n) is 3.01. The highest BCUT2D eigenvalue weighted by atomic mass is 32.2. The van der Waals surface area contributed by atoms with Crippen LogP contribution in [0.3, 0.4) is 0 Å². The van der Waals surface area contributed by atoms with Crippen molar-refractivity contribution in [3.8, 4) is 0 Å². The molecule has 1 aromatic carbocycles. The molecule has 0 fully saturated rings. The lowest BCUT2D eigenvalue weighted by Crippen LogP contribution is -2.28. The summed E-state index contributed by atoms with van der Waals surface area (Å²) >= 11 is 0. The smallest absolute Gasteiger partial charge is 0.240 e. The Hall–Kier alpha value is -1.86. The van der Waals surface area contributed by atoms with Gasteiger partial charge in [-0.1, -0.05) is 6.07 Å². The van der Waals surface area contributed by atoms with Crippen LogP contribution in [0.1, 0.15) is 11.1 Å². The molecule has 3 N–H and O–H groups in total. The predicted molar refractivity (Wildman–Crippen MR) is 77.7 cm³/mol. The number of nitrogens with two attached hydrogens (primary N) is 1. The van der Waals surface area contributed by atoms with Crippen molar-refractivity contribution in [3.63, 3.8) is 0 Å². The van der Waals surface area contributed by atoms with E-state index >= 15 is 0 Å². The van der Waals surface area contributed by atoms with Gasteiger partial charge in [0.1, 0.15) is 0 Å².